The fourth-order valence-electron chi connectivity index (χ4n) is 2.42. The fraction of sp³-hybridized carbons (Fsp3) is 0.714. The van der Waals surface area contributed by atoms with Gasteiger partial charge in [0.15, 0.2) is 0 Å². The summed E-state index contributed by atoms with van der Waals surface area (Å²) in [5.41, 5.74) is 5.58. The Labute approximate surface area is 145 Å². The van der Waals surface area contributed by atoms with E-state index in [0.29, 0.717) is 19.4 Å². The van der Waals surface area contributed by atoms with Gasteiger partial charge in [0.2, 0.25) is 17.7 Å². The molecular weight excluding hydrogens is 336 g/mol. The summed E-state index contributed by atoms with van der Waals surface area (Å²) in [7, 11) is 0. The van der Waals surface area contributed by atoms with Gasteiger partial charge in [-0.05, 0) is 26.7 Å². The van der Waals surface area contributed by atoms with E-state index in [-0.39, 0.29) is 11.7 Å². The molecule has 0 radical (unpaired) electrons. The summed E-state index contributed by atoms with van der Waals surface area (Å²) >= 11 is 3.85. The Morgan fingerprint density at radius 3 is 2.42 bits per heavy atom. The van der Waals surface area contributed by atoms with Crippen LogP contribution in [0.2, 0.25) is 0 Å². The number of rotatable bonds is 7. The number of amides is 3. The van der Waals surface area contributed by atoms with Gasteiger partial charge in [0.05, 0.1) is 6.04 Å². The number of aliphatic carboxylic acids is 1. The number of carboxylic acids is 1. The Morgan fingerprint density at radius 2 is 1.92 bits per heavy atom. The zero-order valence-corrected chi connectivity index (χ0v) is 14.6. The largest absolute Gasteiger partial charge is 0.480 e. The highest BCUT2D eigenvalue weighted by molar-refractivity contribution is 7.80. The lowest BCUT2D eigenvalue weighted by Crippen LogP contribution is -2.55. The second-order valence-corrected chi connectivity index (χ2v) is 6.16. The normalized spacial score (nSPS) is 20.8. The predicted molar refractivity (Wildman–Crippen MR) is 89.4 cm³/mol. The Bertz CT molecular complexity index is 513. The molecule has 0 aliphatic carbocycles. The minimum atomic E-state index is -1.21. The molecule has 0 saturated carbocycles. The summed E-state index contributed by atoms with van der Waals surface area (Å²) in [6.45, 7) is 3.44. The van der Waals surface area contributed by atoms with Gasteiger partial charge in [0, 0.05) is 12.3 Å². The van der Waals surface area contributed by atoms with E-state index in [9.17, 15) is 19.2 Å². The number of nitrogens with one attached hydrogen (secondary N) is 2. The summed E-state index contributed by atoms with van der Waals surface area (Å²) in [4.78, 5) is 48.6. The quantitative estimate of drug-likeness (QED) is 0.344. The molecule has 1 heterocycles. The van der Waals surface area contributed by atoms with Crippen molar-refractivity contribution in [3.63, 3.8) is 0 Å². The van der Waals surface area contributed by atoms with Crippen LogP contribution in [0.1, 0.15) is 26.7 Å². The van der Waals surface area contributed by atoms with E-state index < -0.39 is 42.0 Å². The first-order chi connectivity index (χ1) is 11.2. The molecule has 1 saturated heterocycles. The van der Waals surface area contributed by atoms with Crippen molar-refractivity contribution in [2.75, 3.05) is 12.3 Å². The van der Waals surface area contributed by atoms with Crippen LogP contribution in [0.15, 0.2) is 0 Å². The predicted octanol–water partition coefficient (Wildman–Crippen LogP) is -1.67. The first-order valence-electron chi connectivity index (χ1n) is 7.69. The van der Waals surface area contributed by atoms with Gasteiger partial charge in [0.25, 0.3) is 0 Å². The highest BCUT2D eigenvalue weighted by atomic mass is 32.1. The van der Waals surface area contributed by atoms with E-state index in [1.54, 1.807) is 6.92 Å². The standard InChI is InChI=1S/C14H24N4O5S/c1-7(15)13(21)18-5-3-4-10(18)12(20)16-8(2)11(19)17-9(6-24)14(22)23/h7-10,24H,3-6,15H2,1-2H3,(H,16,20)(H,17,19)(H,22,23). The average molecular weight is 360 g/mol. The number of carboxylic acid groups (broad SMARTS) is 1. The molecule has 0 bridgehead atoms. The molecule has 4 atom stereocenters. The zero-order chi connectivity index (χ0) is 18.4. The van der Waals surface area contributed by atoms with E-state index in [4.69, 9.17) is 10.8 Å². The van der Waals surface area contributed by atoms with Crippen molar-refractivity contribution in [1.82, 2.24) is 15.5 Å². The lowest BCUT2D eigenvalue weighted by Gasteiger charge is -2.26. The third-order valence-electron chi connectivity index (χ3n) is 3.78. The summed E-state index contributed by atoms with van der Waals surface area (Å²) in [6.07, 6.45) is 1.17. The van der Waals surface area contributed by atoms with Gasteiger partial charge < -0.3 is 26.4 Å². The van der Waals surface area contributed by atoms with Crippen molar-refractivity contribution in [3.05, 3.63) is 0 Å². The molecule has 0 spiro atoms. The van der Waals surface area contributed by atoms with Crippen molar-refractivity contribution in [3.8, 4) is 0 Å². The van der Waals surface area contributed by atoms with Gasteiger partial charge >= 0.3 is 5.97 Å². The molecule has 0 aromatic rings. The molecule has 136 valence electrons. The minimum Gasteiger partial charge on any atom is -0.480 e. The van der Waals surface area contributed by atoms with Gasteiger partial charge in [-0.1, -0.05) is 0 Å². The molecule has 1 rings (SSSR count). The smallest absolute Gasteiger partial charge is 0.327 e. The Balaban J connectivity index is 2.64. The van der Waals surface area contributed by atoms with Crippen LogP contribution < -0.4 is 16.4 Å². The van der Waals surface area contributed by atoms with E-state index in [1.165, 1.54) is 11.8 Å². The number of carbonyl (C=O) groups is 4. The molecule has 0 aromatic carbocycles. The van der Waals surface area contributed by atoms with Crippen molar-refractivity contribution in [2.24, 2.45) is 5.73 Å². The number of likely N-dealkylation sites (tertiary alicyclic amines) is 1. The molecule has 24 heavy (non-hydrogen) atoms. The van der Waals surface area contributed by atoms with Crippen LogP contribution in [0.5, 0.6) is 0 Å². The first-order valence-corrected chi connectivity index (χ1v) is 8.32. The van der Waals surface area contributed by atoms with Gasteiger partial charge in [-0.25, -0.2) is 4.79 Å². The summed E-state index contributed by atoms with van der Waals surface area (Å²) in [5, 5.41) is 13.7. The SMILES string of the molecule is CC(N)C(=O)N1CCCC1C(=O)NC(C)C(=O)NC(CS)C(=O)O. The Morgan fingerprint density at radius 1 is 1.29 bits per heavy atom. The van der Waals surface area contributed by atoms with E-state index >= 15 is 0 Å². The van der Waals surface area contributed by atoms with Crippen LogP contribution in [0.3, 0.4) is 0 Å². The van der Waals surface area contributed by atoms with Crippen LogP contribution >= 0.6 is 12.6 Å². The van der Waals surface area contributed by atoms with E-state index in [2.05, 4.69) is 23.3 Å². The maximum absolute atomic E-state index is 12.3. The van der Waals surface area contributed by atoms with Gasteiger partial charge in [-0.2, -0.15) is 12.6 Å². The lowest BCUT2D eigenvalue weighted by molar-refractivity contribution is -0.142. The van der Waals surface area contributed by atoms with Crippen molar-refractivity contribution in [1.29, 1.82) is 0 Å². The van der Waals surface area contributed by atoms with Gasteiger partial charge in [-0.15, -0.1) is 0 Å². The molecule has 9 nitrogen and oxygen atoms in total. The molecule has 1 fully saturated rings. The molecule has 1 aliphatic rings. The highest BCUT2D eigenvalue weighted by Gasteiger charge is 2.36. The third-order valence-corrected chi connectivity index (χ3v) is 4.14. The number of nitrogens with zero attached hydrogens (tertiary/aromatic N) is 1. The zero-order valence-electron chi connectivity index (χ0n) is 13.7. The van der Waals surface area contributed by atoms with Gasteiger partial charge in [-0.3, -0.25) is 14.4 Å². The molecular formula is C14H24N4O5S. The number of thiol groups is 1. The third kappa shape index (κ3) is 5.10. The van der Waals surface area contributed by atoms with E-state index in [0.717, 1.165) is 0 Å². The summed E-state index contributed by atoms with van der Waals surface area (Å²) < 4.78 is 0. The number of hydrogen-bond donors (Lipinski definition) is 5. The number of nitrogens with two attached hydrogens (primary N) is 1. The Hall–Kier alpha value is -1.81. The van der Waals surface area contributed by atoms with Crippen LogP contribution in [-0.4, -0.2) is 70.2 Å². The van der Waals surface area contributed by atoms with Crippen molar-refractivity contribution in [2.45, 2.75) is 50.9 Å². The number of hydrogen-bond acceptors (Lipinski definition) is 6. The van der Waals surface area contributed by atoms with Gasteiger partial charge in [0.1, 0.15) is 18.1 Å². The molecule has 5 N–H and O–H groups in total. The topological polar surface area (TPSA) is 142 Å². The highest BCUT2D eigenvalue weighted by Crippen LogP contribution is 2.18. The van der Waals surface area contributed by atoms with Crippen LogP contribution in [0.4, 0.5) is 0 Å². The number of carbonyl (C=O) groups excluding carboxylic acids is 3. The molecule has 3 amide bonds. The second-order valence-electron chi connectivity index (χ2n) is 5.79. The maximum atomic E-state index is 12.3. The van der Waals surface area contributed by atoms with Crippen LogP contribution in [0, 0.1) is 0 Å². The summed E-state index contributed by atoms with van der Waals surface area (Å²) in [5.74, 6) is -2.68. The fourth-order valence-corrected chi connectivity index (χ4v) is 2.67. The summed E-state index contributed by atoms with van der Waals surface area (Å²) in [6, 6.07) is -3.44. The van der Waals surface area contributed by atoms with E-state index in [1.807, 2.05) is 0 Å². The minimum absolute atomic E-state index is 0.0684. The Kier molecular flexibility index (Phi) is 7.49. The van der Waals surface area contributed by atoms with Crippen molar-refractivity contribution < 1.29 is 24.3 Å². The second kappa shape index (κ2) is 8.88. The maximum Gasteiger partial charge on any atom is 0.327 e. The average Bonchev–Trinajstić information content (AvgIpc) is 3.00. The lowest BCUT2D eigenvalue weighted by atomic mass is 10.1. The first kappa shape index (κ1) is 20.2. The monoisotopic (exact) mass is 360 g/mol. The van der Waals surface area contributed by atoms with Crippen LogP contribution in [-0.2, 0) is 19.2 Å². The molecule has 1 aliphatic heterocycles. The van der Waals surface area contributed by atoms with Crippen LogP contribution in [0.25, 0.3) is 0 Å². The molecule has 0 aromatic heterocycles. The molecule has 4 unspecified atom stereocenters. The molecule has 10 heteroatoms. The van der Waals surface area contributed by atoms with Crippen molar-refractivity contribution >= 4 is 36.3 Å².